The second kappa shape index (κ2) is 4.67. The number of hydrazone groups is 1. The predicted octanol–water partition coefficient (Wildman–Crippen LogP) is 1.18. The van der Waals surface area contributed by atoms with E-state index < -0.39 is 0 Å². The Hall–Kier alpha value is -2.15. The smallest absolute Gasteiger partial charge is 0.200 e. The van der Waals surface area contributed by atoms with Crippen molar-refractivity contribution in [3.8, 4) is 6.07 Å². The van der Waals surface area contributed by atoms with Crippen molar-refractivity contribution in [1.29, 1.82) is 5.26 Å². The van der Waals surface area contributed by atoms with E-state index in [1.807, 2.05) is 18.2 Å². The summed E-state index contributed by atoms with van der Waals surface area (Å²) in [5.41, 5.74) is 3.14. The van der Waals surface area contributed by atoms with Gasteiger partial charge in [-0.05, 0) is 12.1 Å². The molecule has 1 N–H and O–H groups in total. The summed E-state index contributed by atoms with van der Waals surface area (Å²) >= 11 is 0. The lowest BCUT2D eigenvalue weighted by Gasteiger charge is -1.97. The van der Waals surface area contributed by atoms with E-state index >= 15 is 0 Å². The average Bonchev–Trinajstić information content (AvgIpc) is 2.21. The number of rotatable bonds is 3. The maximum atomic E-state index is 10.2. The van der Waals surface area contributed by atoms with Crippen molar-refractivity contribution in [3.63, 3.8) is 0 Å². The molecule has 4 nitrogen and oxygen atoms in total. The van der Waals surface area contributed by atoms with Crippen LogP contribution in [0.15, 0.2) is 35.4 Å². The van der Waals surface area contributed by atoms with Gasteiger partial charge < -0.3 is 0 Å². The molecule has 1 aromatic rings. The number of para-hydroxylation sites is 1. The van der Waals surface area contributed by atoms with Gasteiger partial charge in [-0.3, -0.25) is 10.2 Å². The molecule has 0 atom stereocenters. The number of nitrogens with one attached hydrogen (secondary N) is 1. The van der Waals surface area contributed by atoms with Gasteiger partial charge in [-0.25, -0.2) is 0 Å². The van der Waals surface area contributed by atoms with Crippen LogP contribution >= 0.6 is 0 Å². The summed E-state index contributed by atoms with van der Waals surface area (Å²) in [6, 6.07) is 10.7. The molecule has 64 valence electrons. The highest BCUT2D eigenvalue weighted by molar-refractivity contribution is 6.35. The van der Waals surface area contributed by atoms with E-state index in [1.54, 1.807) is 18.2 Å². The predicted molar refractivity (Wildman–Crippen MR) is 49.2 cm³/mol. The van der Waals surface area contributed by atoms with Crippen LogP contribution in [0.5, 0.6) is 0 Å². The maximum absolute atomic E-state index is 10.2. The Bertz CT molecular complexity index is 351. The number of nitrogens with zero attached hydrogens (tertiary/aromatic N) is 2. The molecule has 13 heavy (non-hydrogen) atoms. The Morgan fingerprint density at radius 3 is 2.69 bits per heavy atom. The Balaban J connectivity index is 2.67. The topological polar surface area (TPSA) is 65.2 Å². The molecule has 0 aliphatic heterocycles. The number of hydrogen-bond acceptors (Lipinski definition) is 4. The van der Waals surface area contributed by atoms with Crippen molar-refractivity contribution in [3.05, 3.63) is 30.3 Å². The number of carbonyl (C=O) groups is 1. The van der Waals surface area contributed by atoms with Crippen LogP contribution in [0.25, 0.3) is 0 Å². The molecule has 0 amide bonds. The van der Waals surface area contributed by atoms with E-state index in [1.165, 1.54) is 0 Å². The molecular formula is C9H7N3O. The van der Waals surface area contributed by atoms with Crippen LogP contribution in [0.2, 0.25) is 0 Å². The standard InChI is InChI=1S/C9H7N3O/c10-6-9(7-13)12-11-8-4-2-1-3-5-8/h1-5,7,11H. The summed E-state index contributed by atoms with van der Waals surface area (Å²) in [7, 11) is 0. The van der Waals surface area contributed by atoms with Crippen LogP contribution < -0.4 is 5.43 Å². The third kappa shape index (κ3) is 2.75. The Kier molecular flexibility index (Phi) is 3.21. The number of carbonyl (C=O) groups excluding carboxylic acids is 1. The first-order chi connectivity index (χ1) is 6.36. The van der Waals surface area contributed by atoms with Gasteiger partial charge in [-0.15, -0.1) is 0 Å². The quantitative estimate of drug-likeness (QED) is 0.424. The monoisotopic (exact) mass is 173 g/mol. The molecule has 0 saturated carbocycles. The third-order valence-electron chi connectivity index (χ3n) is 1.31. The molecule has 0 aliphatic carbocycles. The summed E-state index contributed by atoms with van der Waals surface area (Å²) in [4.78, 5) is 10.2. The fourth-order valence-corrected chi connectivity index (χ4v) is 0.715. The van der Waals surface area contributed by atoms with Gasteiger partial charge in [0.2, 0.25) is 0 Å². The van der Waals surface area contributed by atoms with E-state index in [4.69, 9.17) is 5.26 Å². The van der Waals surface area contributed by atoms with Crippen molar-refractivity contribution in [1.82, 2.24) is 0 Å². The van der Waals surface area contributed by atoms with Crippen molar-refractivity contribution in [2.24, 2.45) is 5.10 Å². The van der Waals surface area contributed by atoms with Crippen LogP contribution in [0.1, 0.15) is 0 Å². The van der Waals surface area contributed by atoms with Gasteiger partial charge in [0.1, 0.15) is 6.07 Å². The second-order valence-electron chi connectivity index (χ2n) is 2.20. The molecule has 0 fully saturated rings. The largest absolute Gasteiger partial charge is 0.295 e. The van der Waals surface area contributed by atoms with Crippen LogP contribution in [0, 0.1) is 11.3 Å². The fraction of sp³-hybridized carbons (Fsp3) is 0. The molecule has 0 radical (unpaired) electrons. The fourth-order valence-electron chi connectivity index (χ4n) is 0.715. The summed E-state index contributed by atoms with van der Waals surface area (Å²) < 4.78 is 0. The minimum atomic E-state index is -0.177. The van der Waals surface area contributed by atoms with Crippen LogP contribution in [-0.4, -0.2) is 12.0 Å². The lowest BCUT2D eigenvalue weighted by atomic mass is 10.3. The number of hydrogen-bond donors (Lipinski definition) is 1. The Morgan fingerprint density at radius 1 is 1.46 bits per heavy atom. The SMILES string of the molecule is N#CC(C=O)=NNc1ccccc1. The Labute approximate surface area is 75.5 Å². The van der Waals surface area contributed by atoms with Crippen molar-refractivity contribution >= 4 is 17.7 Å². The molecular weight excluding hydrogens is 166 g/mol. The minimum Gasteiger partial charge on any atom is -0.295 e. The van der Waals surface area contributed by atoms with E-state index in [-0.39, 0.29) is 5.71 Å². The van der Waals surface area contributed by atoms with Gasteiger partial charge >= 0.3 is 0 Å². The number of benzene rings is 1. The highest BCUT2D eigenvalue weighted by Gasteiger charge is 1.92. The first kappa shape index (κ1) is 8.94. The van der Waals surface area contributed by atoms with E-state index in [9.17, 15) is 4.79 Å². The molecule has 0 spiro atoms. The lowest BCUT2D eigenvalue weighted by Crippen LogP contribution is -1.99. The molecule has 1 aromatic carbocycles. The molecule has 1 rings (SSSR count). The van der Waals surface area contributed by atoms with Gasteiger partial charge in [0.05, 0.1) is 5.69 Å². The Morgan fingerprint density at radius 2 is 2.15 bits per heavy atom. The zero-order valence-corrected chi connectivity index (χ0v) is 6.77. The molecule has 0 saturated heterocycles. The highest BCUT2D eigenvalue weighted by atomic mass is 16.1. The van der Waals surface area contributed by atoms with Crippen LogP contribution in [0.4, 0.5) is 5.69 Å². The molecule has 0 bridgehead atoms. The van der Waals surface area contributed by atoms with Gasteiger partial charge in [0, 0.05) is 0 Å². The van der Waals surface area contributed by atoms with Crippen molar-refractivity contribution in [2.75, 3.05) is 5.43 Å². The first-order valence-electron chi connectivity index (χ1n) is 3.61. The number of aldehydes is 1. The molecule has 0 aromatic heterocycles. The van der Waals surface area contributed by atoms with Gasteiger partial charge in [0.15, 0.2) is 12.0 Å². The summed E-state index contributed by atoms with van der Waals surface area (Å²) in [6.07, 6.45) is 0.399. The number of nitriles is 1. The average molecular weight is 173 g/mol. The van der Waals surface area contributed by atoms with Gasteiger partial charge in [-0.1, -0.05) is 18.2 Å². The summed E-state index contributed by atoms with van der Waals surface area (Å²) in [6.45, 7) is 0. The van der Waals surface area contributed by atoms with Crippen molar-refractivity contribution in [2.45, 2.75) is 0 Å². The maximum Gasteiger partial charge on any atom is 0.200 e. The van der Waals surface area contributed by atoms with E-state index in [0.29, 0.717) is 6.29 Å². The summed E-state index contributed by atoms with van der Waals surface area (Å²) in [5.74, 6) is 0. The number of anilines is 1. The first-order valence-corrected chi connectivity index (χ1v) is 3.61. The lowest BCUT2D eigenvalue weighted by molar-refractivity contribution is -0.102. The molecule has 0 unspecified atom stereocenters. The zero-order valence-electron chi connectivity index (χ0n) is 6.77. The molecule has 4 heteroatoms. The van der Waals surface area contributed by atoms with Gasteiger partial charge in [-0.2, -0.15) is 10.4 Å². The normalized spacial score (nSPS) is 10.2. The van der Waals surface area contributed by atoms with Crippen molar-refractivity contribution < 1.29 is 4.79 Å². The zero-order chi connectivity index (χ0) is 9.52. The summed E-state index contributed by atoms with van der Waals surface area (Å²) in [5, 5.41) is 11.9. The van der Waals surface area contributed by atoms with Gasteiger partial charge in [0.25, 0.3) is 0 Å². The molecule has 0 aliphatic rings. The molecule has 0 heterocycles. The second-order valence-corrected chi connectivity index (χ2v) is 2.20. The highest BCUT2D eigenvalue weighted by Crippen LogP contribution is 2.03. The third-order valence-corrected chi connectivity index (χ3v) is 1.31. The van der Waals surface area contributed by atoms with E-state index in [0.717, 1.165) is 5.69 Å². The van der Waals surface area contributed by atoms with E-state index in [2.05, 4.69) is 10.5 Å². The minimum absolute atomic E-state index is 0.177. The van der Waals surface area contributed by atoms with Crippen LogP contribution in [-0.2, 0) is 4.79 Å². The van der Waals surface area contributed by atoms with Crippen LogP contribution in [0.3, 0.4) is 0 Å².